The van der Waals surface area contributed by atoms with E-state index in [9.17, 15) is 19.2 Å². The average Bonchev–Trinajstić information content (AvgIpc) is 3.91. The second kappa shape index (κ2) is 14.4. The van der Waals surface area contributed by atoms with E-state index in [1.165, 1.54) is 9.80 Å². The van der Waals surface area contributed by atoms with E-state index in [0.29, 0.717) is 24.5 Å². The van der Waals surface area contributed by atoms with Crippen LogP contribution in [0.3, 0.4) is 0 Å². The lowest BCUT2D eigenvalue weighted by molar-refractivity contribution is -0.125. The summed E-state index contributed by atoms with van der Waals surface area (Å²) < 4.78 is 15.4. The number of carbonyl (C=O) groups is 4. The Hall–Kier alpha value is -4.79. The molecule has 3 aliphatic heterocycles. The molecule has 0 spiro atoms. The highest BCUT2D eigenvalue weighted by Gasteiger charge is 2.40. The van der Waals surface area contributed by atoms with Crippen molar-refractivity contribution in [1.82, 2.24) is 28.9 Å². The van der Waals surface area contributed by atoms with Gasteiger partial charge in [0.15, 0.2) is 0 Å². The number of amides is 4. The molecule has 294 valence electrons. The van der Waals surface area contributed by atoms with Crippen LogP contribution in [-0.4, -0.2) is 103 Å². The zero-order valence-corrected chi connectivity index (χ0v) is 34.1. The van der Waals surface area contributed by atoms with Gasteiger partial charge in [-0.1, -0.05) is 0 Å². The van der Waals surface area contributed by atoms with Crippen LogP contribution in [0, 0.1) is 0 Å². The third-order valence-electron chi connectivity index (χ3n) is 10.6. The fourth-order valence-corrected chi connectivity index (χ4v) is 9.05. The quantitative estimate of drug-likeness (QED) is 0.210. The molecule has 3 unspecified atom stereocenters. The third kappa shape index (κ3) is 7.47. The highest BCUT2D eigenvalue weighted by Crippen LogP contribution is 2.40. The van der Waals surface area contributed by atoms with Crippen LogP contribution in [0.25, 0.3) is 22.1 Å². The van der Waals surface area contributed by atoms with E-state index < -0.39 is 11.2 Å². The Kier molecular flexibility index (Phi) is 10.1. The topological polar surface area (TPSA) is 135 Å². The number of thioether (sulfide) groups is 1. The summed E-state index contributed by atoms with van der Waals surface area (Å²) in [6, 6.07) is 10.9. The van der Waals surface area contributed by atoms with Gasteiger partial charge < -0.3 is 33.3 Å². The van der Waals surface area contributed by atoms with Gasteiger partial charge in [0.05, 0.1) is 39.4 Å². The van der Waals surface area contributed by atoms with E-state index in [1.807, 2.05) is 112 Å². The standard InChI is InChI=1S/C40H52N8O6S/c1-39(2,3)53-37(51)45-18-10-12-28(45)34(55-9)36-42-27-17-15-25(21-31(27)44(36)8)48-23-32(49)47(22-33(48)50)24-14-16-26-30(20-24)43(7)35(41-26)29-13-11-19-46(29)38(52)54-40(4,5)6/h14-17,20-21,28-29,34H,10-13,18-19,22-23H2,1-9H3. The van der Waals surface area contributed by atoms with Crippen molar-refractivity contribution in [3.63, 3.8) is 0 Å². The molecule has 0 bridgehead atoms. The van der Waals surface area contributed by atoms with Crippen molar-refractivity contribution in [3.8, 4) is 0 Å². The minimum atomic E-state index is -0.602. The van der Waals surface area contributed by atoms with Crippen molar-refractivity contribution >= 4 is 69.2 Å². The SMILES string of the molecule is CSC(c1nc2ccc(N3CC(=O)N(c4ccc5nc(C6CCCN6C(=O)OC(C)(C)C)n(C)c5c4)CC3=O)cc2n1C)C1CCCN1C(=O)OC(C)(C)C. The Bertz CT molecular complexity index is 2170. The van der Waals surface area contributed by atoms with Crippen LogP contribution in [0.1, 0.15) is 90.2 Å². The van der Waals surface area contributed by atoms with Gasteiger partial charge in [0.1, 0.15) is 35.9 Å². The van der Waals surface area contributed by atoms with E-state index in [-0.39, 0.29) is 54.4 Å². The minimum Gasteiger partial charge on any atom is -0.444 e. The molecule has 3 saturated heterocycles. The molecule has 2 aromatic heterocycles. The number of benzene rings is 2. The highest BCUT2D eigenvalue weighted by molar-refractivity contribution is 7.98. The summed E-state index contributed by atoms with van der Waals surface area (Å²) in [7, 11) is 3.87. The highest BCUT2D eigenvalue weighted by atomic mass is 32.2. The summed E-state index contributed by atoms with van der Waals surface area (Å²) in [4.78, 5) is 70.2. The molecule has 0 saturated carbocycles. The zero-order chi connectivity index (χ0) is 39.6. The molecule has 5 heterocycles. The van der Waals surface area contributed by atoms with Gasteiger partial charge in [-0.05, 0) is 110 Å². The van der Waals surface area contributed by atoms with Crippen LogP contribution in [0.5, 0.6) is 0 Å². The first-order valence-corrected chi connectivity index (χ1v) is 20.3. The number of imidazole rings is 2. The summed E-state index contributed by atoms with van der Waals surface area (Å²) in [5.74, 6) is 1.19. The van der Waals surface area contributed by atoms with Crippen molar-refractivity contribution < 1.29 is 28.7 Å². The first-order valence-electron chi connectivity index (χ1n) is 19.0. The maximum Gasteiger partial charge on any atom is 0.410 e. The summed E-state index contributed by atoms with van der Waals surface area (Å²) >= 11 is 1.66. The van der Waals surface area contributed by atoms with Crippen LogP contribution >= 0.6 is 11.8 Å². The second-order valence-corrected chi connectivity index (χ2v) is 17.7. The molecule has 0 aliphatic carbocycles. The molecular weight excluding hydrogens is 721 g/mol. The third-order valence-corrected chi connectivity index (χ3v) is 11.6. The number of likely N-dealkylation sites (tertiary alicyclic amines) is 2. The van der Waals surface area contributed by atoms with Crippen LogP contribution < -0.4 is 9.80 Å². The predicted molar refractivity (Wildman–Crippen MR) is 213 cm³/mol. The first-order chi connectivity index (χ1) is 25.9. The Morgan fingerprint density at radius 3 is 1.82 bits per heavy atom. The lowest BCUT2D eigenvalue weighted by atomic mass is 10.1. The Labute approximate surface area is 326 Å². The van der Waals surface area contributed by atoms with Crippen LogP contribution in [-0.2, 0) is 33.2 Å². The number of nitrogens with zero attached hydrogens (tertiary/aromatic N) is 8. The number of fused-ring (bicyclic) bond motifs is 2. The maximum atomic E-state index is 13.8. The van der Waals surface area contributed by atoms with Gasteiger partial charge >= 0.3 is 12.2 Å². The number of ether oxygens (including phenoxy) is 2. The lowest BCUT2D eigenvalue weighted by Crippen LogP contribution is -2.54. The summed E-state index contributed by atoms with van der Waals surface area (Å²) in [5, 5.41) is -0.0856. The van der Waals surface area contributed by atoms with Crippen molar-refractivity contribution in [2.45, 2.75) is 95.8 Å². The molecule has 3 atom stereocenters. The van der Waals surface area contributed by atoms with Crippen molar-refractivity contribution in [2.75, 3.05) is 42.2 Å². The molecule has 3 fully saturated rings. The van der Waals surface area contributed by atoms with Crippen LogP contribution in [0.15, 0.2) is 36.4 Å². The van der Waals surface area contributed by atoms with Gasteiger partial charge in [-0.15, -0.1) is 0 Å². The molecule has 2 aromatic carbocycles. The number of carbonyl (C=O) groups excluding carboxylic acids is 4. The van der Waals surface area contributed by atoms with Crippen molar-refractivity contribution in [3.05, 3.63) is 48.0 Å². The fourth-order valence-electron chi connectivity index (χ4n) is 8.03. The first kappa shape index (κ1) is 38.5. The summed E-state index contributed by atoms with van der Waals surface area (Å²) in [6.45, 7) is 12.2. The van der Waals surface area contributed by atoms with Gasteiger partial charge in [-0.3, -0.25) is 14.5 Å². The molecule has 4 aromatic rings. The molecule has 0 radical (unpaired) electrons. The molecule has 3 aliphatic rings. The lowest BCUT2D eigenvalue weighted by Gasteiger charge is -2.34. The van der Waals surface area contributed by atoms with Crippen molar-refractivity contribution in [2.24, 2.45) is 14.1 Å². The van der Waals surface area contributed by atoms with E-state index in [1.54, 1.807) is 16.7 Å². The monoisotopic (exact) mass is 772 g/mol. The number of piperazine rings is 1. The Morgan fingerprint density at radius 2 is 1.25 bits per heavy atom. The number of hydrogen-bond acceptors (Lipinski definition) is 9. The number of rotatable bonds is 6. The smallest absolute Gasteiger partial charge is 0.410 e. The van der Waals surface area contributed by atoms with Crippen LogP contribution in [0.2, 0.25) is 0 Å². The largest absolute Gasteiger partial charge is 0.444 e. The zero-order valence-electron chi connectivity index (χ0n) is 33.3. The molecule has 14 nitrogen and oxygen atoms in total. The second-order valence-electron chi connectivity index (χ2n) is 16.7. The molecular formula is C40H52N8O6S. The number of anilines is 2. The molecule has 7 rings (SSSR count). The number of hydrogen-bond donors (Lipinski definition) is 0. The van der Waals surface area contributed by atoms with E-state index in [2.05, 4.69) is 0 Å². The number of aromatic nitrogens is 4. The Morgan fingerprint density at radius 1 is 0.745 bits per heavy atom. The van der Waals surface area contributed by atoms with Crippen LogP contribution in [0.4, 0.5) is 21.0 Å². The average molecular weight is 773 g/mol. The van der Waals surface area contributed by atoms with Gasteiger partial charge in [0, 0.05) is 38.6 Å². The number of aryl methyl sites for hydroxylation is 2. The maximum absolute atomic E-state index is 13.8. The molecule has 15 heteroatoms. The van der Waals surface area contributed by atoms with E-state index >= 15 is 0 Å². The van der Waals surface area contributed by atoms with Gasteiger partial charge in [0.25, 0.3) is 0 Å². The minimum absolute atomic E-state index is 0.0705. The molecule has 55 heavy (non-hydrogen) atoms. The predicted octanol–water partition coefficient (Wildman–Crippen LogP) is 6.72. The molecule has 0 N–H and O–H groups in total. The fraction of sp³-hybridized carbons (Fsp3) is 0.550. The van der Waals surface area contributed by atoms with Crippen molar-refractivity contribution in [1.29, 1.82) is 0 Å². The van der Waals surface area contributed by atoms with Gasteiger partial charge in [-0.25, -0.2) is 19.6 Å². The van der Waals surface area contributed by atoms with Gasteiger partial charge in [-0.2, -0.15) is 11.8 Å². The van der Waals surface area contributed by atoms with E-state index in [4.69, 9.17) is 19.4 Å². The summed E-state index contributed by atoms with van der Waals surface area (Å²) in [5.41, 5.74) is 3.20. The normalized spacial score (nSPS) is 20.3. The van der Waals surface area contributed by atoms with Gasteiger partial charge in [0.2, 0.25) is 11.8 Å². The van der Waals surface area contributed by atoms with E-state index in [0.717, 1.165) is 59.4 Å². The molecule has 4 amide bonds. The summed E-state index contributed by atoms with van der Waals surface area (Å²) in [6.07, 6.45) is 4.74. The Balaban J connectivity index is 1.09.